The van der Waals surface area contributed by atoms with Gasteiger partial charge in [0.05, 0.1) is 11.4 Å². The van der Waals surface area contributed by atoms with Gasteiger partial charge < -0.3 is 5.11 Å². The van der Waals surface area contributed by atoms with Crippen LogP contribution in [0.3, 0.4) is 0 Å². The molecule has 7 nitrogen and oxygen atoms in total. The van der Waals surface area contributed by atoms with Crippen LogP contribution in [0, 0.1) is 6.92 Å². The Hall–Kier alpha value is -3.74. The minimum absolute atomic E-state index is 0.143. The summed E-state index contributed by atoms with van der Waals surface area (Å²) in [5, 5.41) is 18.0. The van der Waals surface area contributed by atoms with Gasteiger partial charge in [-0.25, -0.2) is 4.68 Å². The van der Waals surface area contributed by atoms with Crippen LogP contribution >= 0.6 is 0 Å². The largest absolute Gasteiger partial charge is 0.858 e. The average Bonchev–Trinajstić information content (AvgIpc) is 3.30. The lowest BCUT2D eigenvalue weighted by Crippen LogP contribution is -2.45. The first-order valence-corrected chi connectivity index (χ1v) is 12.0. The number of imide groups is 1. The van der Waals surface area contributed by atoms with Gasteiger partial charge in [-0.1, -0.05) is 44.4 Å². The second-order valence-electron chi connectivity index (χ2n) is 8.98. The van der Waals surface area contributed by atoms with Crippen LogP contribution in [-0.4, -0.2) is 32.5 Å². The zero-order valence-corrected chi connectivity index (χ0v) is 19.5. The molecule has 1 fully saturated rings. The van der Waals surface area contributed by atoms with Crippen molar-refractivity contribution in [3.63, 3.8) is 0 Å². The molecule has 1 aromatic carbocycles. The van der Waals surface area contributed by atoms with E-state index in [9.17, 15) is 14.7 Å². The molecule has 0 bridgehead atoms. The molecule has 0 spiro atoms. The minimum Gasteiger partial charge on any atom is -0.858 e. The van der Waals surface area contributed by atoms with Gasteiger partial charge in [0, 0.05) is 23.2 Å². The zero-order valence-electron chi connectivity index (χ0n) is 19.5. The molecule has 5 rings (SSSR count). The van der Waals surface area contributed by atoms with E-state index >= 15 is 0 Å². The van der Waals surface area contributed by atoms with E-state index in [1.54, 1.807) is 29.8 Å². The predicted octanol–water partition coefficient (Wildman–Crippen LogP) is 3.17. The van der Waals surface area contributed by atoms with Gasteiger partial charge in [-0.15, -0.1) is 0 Å². The molecule has 3 heterocycles. The van der Waals surface area contributed by atoms with Crippen molar-refractivity contribution in [3.8, 4) is 11.6 Å². The maximum absolute atomic E-state index is 13.9. The third kappa shape index (κ3) is 3.61. The number of amides is 2. The normalized spacial score (nSPS) is 17.2. The summed E-state index contributed by atoms with van der Waals surface area (Å²) in [6.45, 7) is 3.75. The Kier molecular flexibility index (Phi) is 5.77. The third-order valence-electron chi connectivity index (χ3n) is 6.83. The van der Waals surface area contributed by atoms with Crippen molar-refractivity contribution < 1.29 is 19.3 Å². The fraction of sp³-hybridized carbons (Fsp3) is 0.333. The molecule has 0 radical (unpaired) electrons. The highest BCUT2D eigenvalue weighted by atomic mass is 16.3. The van der Waals surface area contributed by atoms with Gasteiger partial charge in [0.25, 0.3) is 11.6 Å². The van der Waals surface area contributed by atoms with E-state index in [4.69, 9.17) is 0 Å². The lowest BCUT2D eigenvalue weighted by Gasteiger charge is -2.29. The van der Waals surface area contributed by atoms with E-state index in [1.807, 2.05) is 43.5 Å². The highest BCUT2D eigenvalue weighted by Crippen LogP contribution is 2.39. The molecule has 1 aliphatic heterocycles. The van der Waals surface area contributed by atoms with E-state index in [1.165, 1.54) is 9.58 Å². The van der Waals surface area contributed by atoms with Crippen molar-refractivity contribution >= 4 is 23.1 Å². The second-order valence-corrected chi connectivity index (χ2v) is 8.98. The van der Waals surface area contributed by atoms with Crippen molar-refractivity contribution in [1.29, 1.82) is 0 Å². The first kappa shape index (κ1) is 22.1. The second kappa shape index (κ2) is 8.89. The molecule has 0 saturated heterocycles. The highest BCUT2D eigenvalue weighted by molar-refractivity contribution is 6.45. The van der Waals surface area contributed by atoms with E-state index in [-0.39, 0.29) is 28.8 Å². The van der Waals surface area contributed by atoms with Crippen molar-refractivity contribution in [3.05, 3.63) is 71.7 Å². The Morgan fingerprint density at radius 1 is 1.03 bits per heavy atom. The van der Waals surface area contributed by atoms with Crippen molar-refractivity contribution in [2.75, 3.05) is 0 Å². The monoisotopic (exact) mass is 456 g/mol. The SMILES string of the molecule is CCc1ccc[n+](C2=C(c3c(C)nn(-c4ccccc4)c3[O-])C(=O)N(C3CCCCC3)C2=O)c1. The van der Waals surface area contributed by atoms with Gasteiger partial charge in [0.1, 0.15) is 5.57 Å². The number of hydrogen-bond acceptors (Lipinski definition) is 4. The van der Waals surface area contributed by atoms with E-state index in [0.717, 1.165) is 44.1 Å². The Morgan fingerprint density at radius 2 is 1.76 bits per heavy atom. The van der Waals surface area contributed by atoms with E-state index < -0.39 is 11.8 Å². The molecule has 174 valence electrons. The van der Waals surface area contributed by atoms with Crippen LogP contribution in [0.5, 0.6) is 5.88 Å². The number of carbonyl (C=O) groups is 2. The van der Waals surface area contributed by atoms with Crippen LogP contribution in [0.2, 0.25) is 0 Å². The summed E-state index contributed by atoms with van der Waals surface area (Å²) in [6, 6.07) is 12.8. The molecular weight excluding hydrogens is 428 g/mol. The first-order chi connectivity index (χ1) is 16.5. The summed E-state index contributed by atoms with van der Waals surface area (Å²) in [6.07, 6.45) is 9.11. The van der Waals surface area contributed by atoms with E-state index in [0.29, 0.717) is 11.4 Å². The number of carbonyl (C=O) groups excluding carboxylic acids is 2. The summed E-state index contributed by atoms with van der Waals surface area (Å²) in [4.78, 5) is 29.1. The van der Waals surface area contributed by atoms with Crippen molar-refractivity contribution in [2.45, 2.75) is 58.4 Å². The van der Waals surface area contributed by atoms with Crippen LogP contribution < -0.4 is 9.67 Å². The van der Waals surface area contributed by atoms with Gasteiger partial charge in [-0.3, -0.25) is 14.5 Å². The van der Waals surface area contributed by atoms with Crippen LogP contribution in [0.4, 0.5) is 0 Å². The fourth-order valence-corrected chi connectivity index (χ4v) is 5.08. The molecule has 0 N–H and O–H groups in total. The van der Waals surface area contributed by atoms with Crippen LogP contribution in [0.1, 0.15) is 55.8 Å². The molecule has 3 aromatic rings. The third-order valence-corrected chi connectivity index (χ3v) is 6.83. The Labute approximate surface area is 199 Å². The smallest absolute Gasteiger partial charge is 0.327 e. The Morgan fingerprint density at radius 3 is 2.47 bits per heavy atom. The molecule has 2 aromatic heterocycles. The van der Waals surface area contributed by atoms with Crippen molar-refractivity contribution in [1.82, 2.24) is 14.7 Å². The maximum atomic E-state index is 13.9. The molecule has 1 aliphatic carbocycles. The maximum Gasteiger partial charge on any atom is 0.327 e. The van der Waals surface area contributed by atoms with Crippen LogP contribution in [0.25, 0.3) is 17.0 Å². The number of benzene rings is 1. The molecule has 7 heteroatoms. The molecule has 0 atom stereocenters. The van der Waals surface area contributed by atoms with Gasteiger partial charge >= 0.3 is 5.91 Å². The van der Waals surface area contributed by atoms with Crippen molar-refractivity contribution in [2.24, 2.45) is 0 Å². The number of rotatable bonds is 5. The van der Waals surface area contributed by atoms with Crippen LogP contribution in [-0.2, 0) is 16.0 Å². The fourth-order valence-electron chi connectivity index (χ4n) is 5.08. The molecular formula is C27H28N4O3. The number of nitrogens with zero attached hydrogens (tertiary/aromatic N) is 4. The summed E-state index contributed by atoms with van der Waals surface area (Å²) in [5.41, 5.74) is 2.66. The topological polar surface area (TPSA) is 82.1 Å². The Balaban J connectivity index is 1.71. The predicted molar refractivity (Wildman–Crippen MR) is 126 cm³/mol. The molecule has 2 aliphatic rings. The number of para-hydroxylation sites is 1. The van der Waals surface area contributed by atoms with Gasteiger partial charge in [0.15, 0.2) is 12.4 Å². The lowest BCUT2D eigenvalue weighted by molar-refractivity contribution is -0.577. The quantitative estimate of drug-likeness (QED) is 0.436. The first-order valence-electron chi connectivity index (χ1n) is 12.0. The van der Waals surface area contributed by atoms with E-state index in [2.05, 4.69) is 5.10 Å². The number of hydrogen-bond donors (Lipinski definition) is 0. The average molecular weight is 457 g/mol. The molecule has 0 unspecified atom stereocenters. The van der Waals surface area contributed by atoms with Gasteiger partial charge in [-0.05, 0) is 50.3 Å². The minimum atomic E-state index is -0.394. The highest BCUT2D eigenvalue weighted by Gasteiger charge is 2.49. The molecule has 34 heavy (non-hydrogen) atoms. The standard InChI is InChI=1S/C27H28N4O3/c1-3-19-11-10-16-29(17-19)24-23(25(32)30(27(24)34)20-12-6-4-7-13-20)22-18(2)28-31(26(22)33)21-14-8-5-9-15-21/h5,8-11,14-17,20H,3-4,6-7,12-13H2,1-2H3. The van der Waals surface area contributed by atoms with Gasteiger partial charge in [-0.2, -0.15) is 9.67 Å². The molecule has 1 saturated carbocycles. The summed E-state index contributed by atoms with van der Waals surface area (Å²) < 4.78 is 3.01. The van der Waals surface area contributed by atoms with Crippen LogP contribution in [0.15, 0.2) is 54.9 Å². The summed E-state index contributed by atoms with van der Waals surface area (Å²) in [7, 11) is 0. The number of aryl methyl sites for hydroxylation is 2. The lowest BCUT2D eigenvalue weighted by atomic mass is 9.94. The summed E-state index contributed by atoms with van der Waals surface area (Å²) >= 11 is 0. The zero-order chi connectivity index (χ0) is 23.8. The molecule has 2 amide bonds. The van der Waals surface area contributed by atoms with Gasteiger partial charge in [0.2, 0.25) is 0 Å². The number of aromatic nitrogens is 3. The summed E-state index contributed by atoms with van der Waals surface area (Å²) in [5.74, 6) is -1.12. The Bertz CT molecular complexity index is 1290. The number of pyridine rings is 1.